The quantitative estimate of drug-likeness (QED) is 0.0390. The van der Waals surface area contributed by atoms with Crippen LogP contribution in [0.4, 0.5) is 0 Å². The number of aliphatic hydroxyl groups excluding tert-OH is 1. The molecule has 0 saturated carbocycles. The lowest BCUT2D eigenvalue weighted by Crippen LogP contribution is -2.58. The third-order valence-corrected chi connectivity index (χ3v) is 12.2. The molecular formula is C60H74O11. The van der Waals surface area contributed by atoms with Gasteiger partial charge in [0, 0.05) is 39.3 Å². The van der Waals surface area contributed by atoms with E-state index >= 15 is 0 Å². The van der Waals surface area contributed by atoms with Crippen LogP contribution in [0.25, 0.3) is 0 Å². The van der Waals surface area contributed by atoms with Gasteiger partial charge in [0.05, 0.1) is 58.5 Å². The predicted octanol–water partition coefficient (Wildman–Crippen LogP) is 10.8. The second kappa shape index (κ2) is 31.4. The molecule has 11 nitrogen and oxygen atoms in total. The minimum absolute atomic E-state index is 0.176. The summed E-state index contributed by atoms with van der Waals surface area (Å²) in [5.74, 6) is -0.664. The van der Waals surface area contributed by atoms with E-state index in [1.807, 2.05) is 196 Å². The highest BCUT2D eigenvalue weighted by atomic mass is 16.7. The molecule has 1 N–H and O–H groups in total. The summed E-state index contributed by atoms with van der Waals surface area (Å²) in [5, 5.41) is 10.9. The topological polar surface area (TPSA) is 113 Å². The minimum atomic E-state index is -1.17. The third-order valence-electron chi connectivity index (χ3n) is 12.2. The van der Waals surface area contributed by atoms with E-state index in [0.717, 1.165) is 33.4 Å². The molecule has 0 aromatic heterocycles. The molecule has 0 bridgehead atoms. The average Bonchev–Trinajstić information content (AvgIpc) is 3.42. The lowest BCUT2D eigenvalue weighted by molar-refractivity contribution is -0.318. The lowest BCUT2D eigenvalue weighted by atomic mass is 9.94. The fraction of sp³-hybridized carbons (Fsp3) is 0.400. The van der Waals surface area contributed by atoms with E-state index < -0.39 is 55.1 Å². The molecule has 10 atom stereocenters. The predicted molar refractivity (Wildman–Crippen MR) is 275 cm³/mol. The van der Waals surface area contributed by atoms with Crippen molar-refractivity contribution in [3.05, 3.63) is 215 Å². The van der Waals surface area contributed by atoms with Gasteiger partial charge in [0.1, 0.15) is 24.4 Å². The molecule has 71 heavy (non-hydrogen) atoms. The van der Waals surface area contributed by atoms with Crippen LogP contribution in [0, 0.1) is 11.8 Å². The van der Waals surface area contributed by atoms with Crippen molar-refractivity contribution in [2.75, 3.05) is 34.0 Å². The molecule has 0 heterocycles. The maximum Gasteiger partial charge on any atom is 0.186 e. The summed E-state index contributed by atoms with van der Waals surface area (Å²) in [6.07, 6.45) is -7.25. The Labute approximate surface area is 421 Å². The first-order valence-corrected chi connectivity index (χ1v) is 24.7. The number of hydrogen-bond donors (Lipinski definition) is 1. The van der Waals surface area contributed by atoms with Gasteiger partial charge in [-0.05, 0) is 40.3 Å². The van der Waals surface area contributed by atoms with Gasteiger partial charge >= 0.3 is 0 Å². The Morgan fingerprint density at radius 2 is 0.662 bits per heavy atom. The monoisotopic (exact) mass is 971 g/mol. The summed E-state index contributed by atoms with van der Waals surface area (Å²) in [7, 11) is 3.17. The second-order valence-corrected chi connectivity index (χ2v) is 17.7. The molecule has 6 rings (SSSR count). The highest BCUT2D eigenvalue weighted by Gasteiger charge is 2.47. The van der Waals surface area contributed by atoms with Crippen LogP contribution in [0.3, 0.4) is 0 Å². The Morgan fingerprint density at radius 1 is 0.352 bits per heavy atom. The van der Waals surface area contributed by atoms with Crippen LogP contribution in [0.5, 0.6) is 0 Å². The number of benzene rings is 6. The van der Waals surface area contributed by atoms with Crippen molar-refractivity contribution in [3.8, 4) is 0 Å². The van der Waals surface area contributed by atoms with Crippen LogP contribution in [-0.4, -0.2) is 88.4 Å². The van der Waals surface area contributed by atoms with Crippen molar-refractivity contribution in [2.24, 2.45) is 11.8 Å². The van der Waals surface area contributed by atoms with Crippen LogP contribution in [-0.2, 0) is 87.0 Å². The summed E-state index contributed by atoms with van der Waals surface area (Å²) in [6.45, 7) is 7.94. The highest BCUT2D eigenvalue weighted by molar-refractivity contribution is 5.18. The van der Waals surface area contributed by atoms with Crippen molar-refractivity contribution < 1.29 is 52.5 Å². The van der Waals surface area contributed by atoms with Crippen LogP contribution in [0.1, 0.15) is 54.2 Å². The maximum atomic E-state index is 10.9. The normalized spacial score (nSPS) is 16.0. The lowest BCUT2D eigenvalue weighted by Gasteiger charge is -2.43. The molecule has 0 radical (unpaired) electrons. The van der Waals surface area contributed by atoms with E-state index in [2.05, 4.69) is 6.92 Å². The van der Waals surface area contributed by atoms with Gasteiger partial charge in [0.15, 0.2) is 12.6 Å². The molecular weight excluding hydrogens is 897 g/mol. The molecule has 0 fully saturated rings. The highest BCUT2D eigenvalue weighted by Crippen LogP contribution is 2.32. The van der Waals surface area contributed by atoms with E-state index in [0.29, 0.717) is 19.8 Å². The molecule has 6 aromatic rings. The Morgan fingerprint density at radius 3 is 1.00 bits per heavy atom. The number of rotatable bonds is 34. The number of ether oxygens (including phenoxy) is 10. The molecule has 0 aliphatic carbocycles. The van der Waals surface area contributed by atoms with Crippen LogP contribution < -0.4 is 0 Å². The van der Waals surface area contributed by atoms with E-state index in [4.69, 9.17) is 47.4 Å². The van der Waals surface area contributed by atoms with E-state index in [9.17, 15) is 5.11 Å². The molecule has 380 valence electrons. The summed E-state index contributed by atoms with van der Waals surface area (Å²) >= 11 is 0. The summed E-state index contributed by atoms with van der Waals surface area (Å²) in [4.78, 5) is 0. The summed E-state index contributed by atoms with van der Waals surface area (Å²) < 4.78 is 68.0. The molecule has 10 unspecified atom stereocenters. The largest absolute Gasteiger partial charge is 0.396 e. The number of methoxy groups -OCH3 is 2. The van der Waals surface area contributed by atoms with E-state index in [1.54, 1.807) is 14.2 Å². The molecule has 0 saturated heterocycles. The van der Waals surface area contributed by atoms with Gasteiger partial charge in [-0.3, -0.25) is 0 Å². The number of aliphatic hydroxyl groups is 1. The second-order valence-electron chi connectivity index (χ2n) is 17.7. The molecule has 0 aliphatic heterocycles. The van der Waals surface area contributed by atoms with Gasteiger partial charge in [-0.25, -0.2) is 0 Å². The van der Waals surface area contributed by atoms with Crippen molar-refractivity contribution in [3.63, 3.8) is 0 Å². The Balaban J connectivity index is 1.45. The van der Waals surface area contributed by atoms with Crippen molar-refractivity contribution in [2.45, 2.75) is 110 Å². The molecule has 11 heteroatoms. The molecule has 0 spiro atoms. The molecule has 6 aromatic carbocycles. The Kier molecular flexibility index (Phi) is 24.4. The van der Waals surface area contributed by atoms with Crippen molar-refractivity contribution >= 4 is 0 Å². The first-order valence-electron chi connectivity index (χ1n) is 24.7. The van der Waals surface area contributed by atoms with Gasteiger partial charge in [-0.1, -0.05) is 196 Å². The van der Waals surface area contributed by atoms with Crippen LogP contribution in [0.15, 0.2) is 182 Å². The third kappa shape index (κ3) is 18.2. The standard InChI is InChI=1S/C60H74O11/c1-6-65-59(62-4)58(56(69-43-51-33-21-11-22-34-51)54(67-41-49-29-17-9-18-30-49)46(3)38-64-39-47-25-13-7-14-26-47)71-60(63-5)57(70-44-52-35-23-12-24-36-52)55(68-42-50-31-19-10-20-32-50)53(45(2)37-61)66-40-48-27-15-8-16-28-48/h7-36,45-46,53-61H,6,37-44H2,1-5H3. The first-order chi connectivity index (χ1) is 34.9. The van der Waals surface area contributed by atoms with Gasteiger partial charge in [0.25, 0.3) is 0 Å². The minimum Gasteiger partial charge on any atom is -0.396 e. The number of hydrogen-bond acceptors (Lipinski definition) is 11. The molecule has 0 amide bonds. The van der Waals surface area contributed by atoms with Gasteiger partial charge in [-0.2, -0.15) is 0 Å². The SMILES string of the molecule is CCOC(OC)C(OC(OC)C(OCc1ccccc1)C(OCc1ccccc1)C(OCc1ccccc1)C(C)CO)C(OCc1ccccc1)C(OCc1ccccc1)C(C)COCc1ccccc1. The van der Waals surface area contributed by atoms with Gasteiger partial charge in [0.2, 0.25) is 0 Å². The zero-order valence-electron chi connectivity index (χ0n) is 42.0. The molecule has 0 aliphatic rings. The van der Waals surface area contributed by atoms with Crippen molar-refractivity contribution in [1.29, 1.82) is 0 Å². The Hall–Kier alpha value is -5.12. The van der Waals surface area contributed by atoms with E-state index in [-0.39, 0.29) is 45.6 Å². The van der Waals surface area contributed by atoms with Crippen LogP contribution in [0.2, 0.25) is 0 Å². The van der Waals surface area contributed by atoms with Crippen molar-refractivity contribution in [1.82, 2.24) is 0 Å². The maximum absolute atomic E-state index is 10.9. The fourth-order valence-electron chi connectivity index (χ4n) is 8.40. The van der Waals surface area contributed by atoms with Crippen LogP contribution >= 0.6 is 0 Å². The van der Waals surface area contributed by atoms with Gasteiger partial charge in [-0.15, -0.1) is 0 Å². The summed E-state index contributed by atoms with van der Waals surface area (Å²) in [5.41, 5.74) is 5.84. The summed E-state index contributed by atoms with van der Waals surface area (Å²) in [6, 6.07) is 59.9. The fourth-order valence-corrected chi connectivity index (χ4v) is 8.40. The zero-order valence-corrected chi connectivity index (χ0v) is 42.0. The van der Waals surface area contributed by atoms with Gasteiger partial charge < -0.3 is 52.5 Å². The zero-order chi connectivity index (χ0) is 49.9. The van der Waals surface area contributed by atoms with E-state index in [1.165, 1.54) is 0 Å². The Bertz CT molecular complexity index is 2240. The smallest absolute Gasteiger partial charge is 0.186 e. The first kappa shape index (κ1) is 55.2. The average molecular weight is 971 g/mol.